The maximum atomic E-state index is 4.36. The molecule has 4 nitrogen and oxygen atoms in total. The van der Waals surface area contributed by atoms with Gasteiger partial charge in [0.05, 0.1) is 5.69 Å². The Bertz CT molecular complexity index is 596. The van der Waals surface area contributed by atoms with Crippen LogP contribution in [0, 0.1) is 6.92 Å². The standard InChI is InChI=1S/C16H22N4/c1-3-9-20-10-8-13(11-20)17-16-15-7-5-4-6-14(15)12(2)18-19-16/h4-7,13H,3,8-11H2,1-2H3,(H,17,19). The third-order valence-electron chi connectivity index (χ3n) is 4.03. The van der Waals surface area contributed by atoms with Gasteiger partial charge in [-0.3, -0.25) is 0 Å². The lowest BCUT2D eigenvalue weighted by Crippen LogP contribution is -2.27. The molecule has 0 amide bonds. The van der Waals surface area contributed by atoms with E-state index in [4.69, 9.17) is 0 Å². The minimum absolute atomic E-state index is 0.488. The van der Waals surface area contributed by atoms with Gasteiger partial charge in [-0.05, 0) is 26.3 Å². The smallest absolute Gasteiger partial charge is 0.156 e. The summed E-state index contributed by atoms with van der Waals surface area (Å²) in [6.07, 6.45) is 2.41. The molecule has 0 radical (unpaired) electrons. The molecule has 20 heavy (non-hydrogen) atoms. The molecule has 1 aliphatic heterocycles. The van der Waals surface area contributed by atoms with E-state index in [0.717, 1.165) is 18.1 Å². The van der Waals surface area contributed by atoms with E-state index in [9.17, 15) is 0 Å². The number of nitrogens with one attached hydrogen (secondary N) is 1. The number of nitrogens with zero attached hydrogens (tertiary/aromatic N) is 3. The average Bonchev–Trinajstić information content (AvgIpc) is 2.90. The molecule has 1 fully saturated rings. The number of hydrogen-bond donors (Lipinski definition) is 1. The fourth-order valence-corrected chi connectivity index (χ4v) is 3.01. The molecule has 3 rings (SSSR count). The third kappa shape index (κ3) is 2.61. The summed E-state index contributed by atoms with van der Waals surface area (Å²) in [4.78, 5) is 2.52. The van der Waals surface area contributed by atoms with Crippen LogP contribution in [0.4, 0.5) is 5.82 Å². The van der Waals surface area contributed by atoms with Crippen LogP contribution < -0.4 is 5.32 Å². The molecule has 1 aromatic carbocycles. The quantitative estimate of drug-likeness (QED) is 0.927. The minimum Gasteiger partial charge on any atom is -0.364 e. The van der Waals surface area contributed by atoms with Gasteiger partial charge >= 0.3 is 0 Å². The number of benzene rings is 1. The maximum absolute atomic E-state index is 4.36. The molecule has 4 heteroatoms. The zero-order valence-corrected chi connectivity index (χ0v) is 12.3. The van der Waals surface area contributed by atoms with Crippen molar-refractivity contribution in [1.82, 2.24) is 15.1 Å². The highest BCUT2D eigenvalue weighted by atomic mass is 15.2. The first-order chi connectivity index (χ1) is 9.78. The van der Waals surface area contributed by atoms with Crippen LogP contribution in [-0.2, 0) is 0 Å². The van der Waals surface area contributed by atoms with Crippen molar-refractivity contribution < 1.29 is 0 Å². The Morgan fingerprint density at radius 3 is 2.85 bits per heavy atom. The zero-order chi connectivity index (χ0) is 13.9. The fraction of sp³-hybridized carbons (Fsp3) is 0.500. The van der Waals surface area contributed by atoms with Gasteiger partial charge in [-0.2, -0.15) is 5.10 Å². The first-order valence-corrected chi connectivity index (χ1v) is 7.49. The molecule has 2 aromatic rings. The zero-order valence-electron chi connectivity index (χ0n) is 12.3. The Kier molecular flexibility index (Phi) is 3.83. The number of anilines is 1. The highest BCUT2D eigenvalue weighted by Gasteiger charge is 2.22. The van der Waals surface area contributed by atoms with Gasteiger partial charge in [-0.25, -0.2) is 0 Å². The highest BCUT2D eigenvalue weighted by Crippen LogP contribution is 2.24. The van der Waals surface area contributed by atoms with E-state index in [1.54, 1.807) is 0 Å². The summed E-state index contributed by atoms with van der Waals surface area (Å²) in [6.45, 7) is 7.73. The van der Waals surface area contributed by atoms with E-state index in [-0.39, 0.29) is 0 Å². The lowest BCUT2D eigenvalue weighted by molar-refractivity contribution is 0.337. The van der Waals surface area contributed by atoms with Crippen molar-refractivity contribution in [1.29, 1.82) is 0 Å². The van der Waals surface area contributed by atoms with Crippen LogP contribution >= 0.6 is 0 Å². The summed E-state index contributed by atoms with van der Waals surface area (Å²) in [5.74, 6) is 0.926. The van der Waals surface area contributed by atoms with E-state index in [2.05, 4.69) is 51.6 Å². The summed E-state index contributed by atoms with van der Waals surface area (Å²) >= 11 is 0. The van der Waals surface area contributed by atoms with Crippen molar-refractivity contribution in [3.63, 3.8) is 0 Å². The molecule has 0 saturated carbocycles. The van der Waals surface area contributed by atoms with Crippen molar-refractivity contribution in [2.24, 2.45) is 0 Å². The van der Waals surface area contributed by atoms with Crippen LogP contribution in [0.15, 0.2) is 24.3 Å². The van der Waals surface area contributed by atoms with Crippen molar-refractivity contribution >= 4 is 16.6 Å². The Labute approximate surface area is 120 Å². The molecule has 1 aromatic heterocycles. The number of rotatable bonds is 4. The predicted molar refractivity (Wildman–Crippen MR) is 83.0 cm³/mol. The molecule has 2 heterocycles. The van der Waals surface area contributed by atoms with Crippen LogP contribution in [0.5, 0.6) is 0 Å². The first-order valence-electron chi connectivity index (χ1n) is 7.49. The molecule has 1 atom stereocenters. The lowest BCUT2D eigenvalue weighted by atomic mass is 10.1. The molecule has 0 bridgehead atoms. The second-order valence-electron chi connectivity index (χ2n) is 5.61. The number of aromatic nitrogens is 2. The fourth-order valence-electron chi connectivity index (χ4n) is 3.01. The average molecular weight is 270 g/mol. The Morgan fingerprint density at radius 1 is 1.25 bits per heavy atom. The Morgan fingerprint density at radius 2 is 2.05 bits per heavy atom. The van der Waals surface area contributed by atoms with Gasteiger partial charge in [0.15, 0.2) is 5.82 Å². The van der Waals surface area contributed by atoms with E-state index >= 15 is 0 Å². The summed E-state index contributed by atoms with van der Waals surface area (Å²) < 4.78 is 0. The molecule has 1 N–H and O–H groups in total. The third-order valence-corrected chi connectivity index (χ3v) is 4.03. The minimum atomic E-state index is 0.488. The summed E-state index contributed by atoms with van der Waals surface area (Å²) in [7, 11) is 0. The van der Waals surface area contributed by atoms with Gasteiger partial charge in [-0.15, -0.1) is 5.10 Å². The van der Waals surface area contributed by atoms with E-state index in [1.165, 1.54) is 36.7 Å². The number of hydrogen-bond acceptors (Lipinski definition) is 4. The van der Waals surface area contributed by atoms with Crippen LogP contribution in [0.1, 0.15) is 25.5 Å². The van der Waals surface area contributed by atoms with Crippen molar-refractivity contribution in [2.75, 3.05) is 25.0 Å². The lowest BCUT2D eigenvalue weighted by Gasteiger charge is -2.17. The first kappa shape index (κ1) is 13.3. The van der Waals surface area contributed by atoms with Crippen LogP contribution in [0.25, 0.3) is 10.8 Å². The van der Waals surface area contributed by atoms with Gasteiger partial charge < -0.3 is 10.2 Å². The van der Waals surface area contributed by atoms with Crippen LogP contribution in [-0.4, -0.2) is 40.8 Å². The van der Waals surface area contributed by atoms with E-state index < -0.39 is 0 Å². The normalized spacial score (nSPS) is 19.6. The molecule has 1 unspecified atom stereocenters. The van der Waals surface area contributed by atoms with Crippen LogP contribution in [0.3, 0.4) is 0 Å². The van der Waals surface area contributed by atoms with Gasteiger partial charge in [0.1, 0.15) is 0 Å². The molecule has 1 aliphatic rings. The molecule has 0 spiro atoms. The molecule has 0 aliphatic carbocycles. The van der Waals surface area contributed by atoms with E-state index in [1.807, 2.05) is 6.92 Å². The van der Waals surface area contributed by atoms with Crippen molar-refractivity contribution in [2.45, 2.75) is 32.7 Å². The van der Waals surface area contributed by atoms with Gasteiger partial charge in [0.2, 0.25) is 0 Å². The maximum Gasteiger partial charge on any atom is 0.156 e. The van der Waals surface area contributed by atoms with Crippen molar-refractivity contribution in [3.05, 3.63) is 30.0 Å². The predicted octanol–water partition coefficient (Wildman–Crippen LogP) is 2.83. The topological polar surface area (TPSA) is 41.0 Å². The number of aryl methyl sites for hydroxylation is 1. The van der Waals surface area contributed by atoms with Gasteiger partial charge in [0.25, 0.3) is 0 Å². The molecule has 1 saturated heterocycles. The highest BCUT2D eigenvalue weighted by molar-refractivity contribution is 5.92. The summed E-state index contributed by atoms with van der Waals surface area (Å²) in [6, 6.07) is 8.84. The van der Waals surface area contributed by atoms with Gasteiger partial charge in [0, 0.05) is 29.9 Å². The number of fused-ring (bicyclic) bond motifs is 1. The summed E-state index contributed by atoms with van der Waals surface area (Å²) in [5.41, 5.74) is 0.991. The molecular formula is C16H22N4. The van der Waals surface area contributed by atoms with Crippen molar-refractivity contribution in [3.8, 4) is 0 Å². The molecular weight excluding hydrogens is 248 g/mol. The van der Waals surface area contributed by atoms with E-state index in [0.29, 0.717) is 6.04 Å². The monoisotopic (exact) mass is 270 g/mol. The Balaban J connectivity index is 1.80. The Hall–Kier alpha value is -1.68. The number of likely N-dealkylation sites (tertiary alicyclic amines) is 1. The van der Waals surface area contributed by atoms with Gasteiger partial charge in [-0.1, -0.05) is 31.2 Å². The second-order valence-corrected chi connectivity index (χ2v) is 5.61. The second kappa shape index (κ2) is 5.75. The SMILES string of the molecule is CCCN1CCC(Nc2nnc(C)c3ccccc23)C1. The molecule has 106 valence electrons. The summed E-state index contributed by atoms with van der Waals surface area (Å²) in [5, 5.41) is 14.6. The van der Waals surface area contributed by atoms with Crippen LogP contribution in [0.2, 0.25) is 0 Å². The largest absolute Gasteiger partial charge is 0.364 e.